The summed E-state index contributed by atoms with van der Waals surface area (Å²) in [5.74, 6) is 0.854. The molecule has 4 rings (SSSR count). The molecule has 1 N–H and O–H groups in total. The van der Waals surface area contributed by atoms with Crippen LogP contribution in [0.1, 0.15) is 11.6 Å². The zero-order valence-corrected chi connectivity index (χ0v) is 15.2. The summed E-state index contributed by atoms with van der Waals surface area (Å²) in [6, 6.07) is 18.2. The van der Waals surface area contributed by atoms with Gasteiger partial charge in [0.05, 0.1) is 24.8 Å². The first-order chi connectivity index (χ1) is 12.7. The number of benzene rings is 2. The van der Waals surface area contributed by atoms with Crippen molar-refractivity contribution in [2.24, 2.45) is 0 Å². The zero-order valence-electron chi connectivity index (χ0n) is 14.4. The van der Waals surface area contributed by atoms with E-state index in [9.17, 15) is 9.59 Å². The highest BCUT2D eigenvalue weighted by molar-refractivity contribution is 7.99. The largest absolute Gasteiger partial charge is 0.354 e. The number of para-hydroxylation sites is 1. The van der Waals surface area contributed by atoms with Crippen molar-refractivity contribution in [1.29, 1.82) is 0 Å². The van der Waals surface area contributed by atoms with Crippen molar-refractivity contribution in [2.75, 3.05) is 36.8 Å². The van der Waals surface area contributed by atoms with Gasteiger partial charge in [-0.25, -0.2) is 0 Å². The van der Waals surface area contributed by atoms with Crippen molar-refractivity contribution in [3.8, 4) is 0 Å². The lowest BCUT2D eigenvalue weighted by molar-refractivity contribution is -0.126. The van der Waals surface area contributed by atoms with E-state index in [0.29, 0.717) is 13.1 Å². The highest BCUT2D eigenvalue weighted by Gasteiger charge is 2.33. The van der Waals surface area contributed by atoms with Gasteiger partial charge >= 0.3 is 0 Å². The lowest BCUT2D eigenvalue weighted by atomic mass is 10.1. The molecule has 0 bridgehead atoms. The highest BCUT2D eigenvalue weighted by atomic mass is 32.2. The summed E-state index contributed by atoms with van der Waals surface area (Å²) in [6.45, 7) is 1.85. The fourth-order valence-corrected chi connectivity index (χ4v) is 4.68. The Kier molecular flexibility index (Phi) is 4.95. The van der Waals surface area contributed by atoms with Gasteiger partial charge in [0.15, 0.2) is 0 Å². The van der Waals surface area contributed by atoms with Crippen molar-refractivity contribution in [3.05, 3.63) is 60.2 Å². The van der Waals surface area contributed by atoms with Crippen molar-refractivity contribution in [3.63, 3.8) is 0 Å². The van der Waals surface area contributed by atoms with E-state index < -0.39 is 0 Å². The van der Waals surface area contributed by atoms with Crippen LogP contribution in [0.3, 0.4) is 0 Å². The molecule has 134 valence electrons. The highest BCUT2D eigenvalue weighted by Crippen LogP contribution is 2.43. The van der Waals surface area contributed by atoms with Gasteiger partial charge in [0.2, 0.25) is 11.8 Å². The van der Waals surface area contributed by atoms with Crippen LogP contribution in [0.25, 0.3) is 0 Å². The summed E-state index contributed by atoms with van der Waals surface area (Å²) in [7, 11) is 0. The molecule has 6 heteroatoms. The molecule has 1 atom stereocenters. The molecule has 26 heavy (non-hydrogen) atoms. The number of hydrogen-bond donors (Lipinski definition) is 1. The van der Waals surface area contributed by atoms with Gasteiger partial charge < -0.3 is 10.2 Å². The molecule has 0 unspecified atom stereocenters. The number of fused-ring (bicyclic) bond motifs is 1. The van der Waals surface area contributed by atoms with E-state index >= 15 is 0 Å². The van der Waals surface area contributed by atoms with E-state index in [1.54, 1.807) is 11.8 Å². The Morgan fingerprint density at radius 3 is 2.69 bits per heavy atom. The maximum Gasteiger partial charge on any atom is 0.241 e. The Balaban J connectivity index is 1.64. The van der Waals surface area contributed by atoms with Gasteiger partial charge in [-0.15, -0.1) is 11.8 Å². The van der Waals surface area contributed by atoms with Gasteiger partial charge in [-0.3, -0.25) is 14.5 Å². The van der Waals surface area contributed by atoms with Crippen LogP contribution in [0.4, 0.5) is 5.69 Å². The molecule has 2 heterocycles. The van der Waals surface area contributed by atoms with E-state index in [4.69, 9.17) is 0 Å². The smallest absolute Gasteiger partial charge is 0.241 e. The average molecular weight is 367 g/mol. The number of anilines is 1. The molecule has 2 aromatic rings. The Bertz CT molecular complexity index is 812. The number of amides is 2. The molecule has 1 saturated heterocycles. The topological polar surface area (TPSA) is 52.7 Å². The number of piperazine rings is 1. The molecule has 5 nitrogen and oxygen atoms in total. The van der Waals surface area contributed by atoms with E-state index in [-0.39, 0.29) is 30.9 Å². The second kappa shape index (κ2) is 7.51. The first kappa shape index (κ1) is 17.1. The summed E-state index contributed by atoms with van der Waals surface area (Å²) in [5, 5.41) is 2.81. The van der Waals surface area contributed by atoms with Crippen LogP contribution >= 0.6 is 11.8 Å². The summed E-state index contributed by atoms with van der Waals surface area (Å²) in [5.41, 5.74) is 2.10. The molecule has 2 aliphatic heterocycles. The summed E-state index contributed by atoms with van der Waals surface area (Å²) >= 11 is 1.79. The third-order valence-corrected chi connectivity index (χ3v) is 5.90. The number of hydrogen-bond acceptors (Lipinski definition) is 4. The Hall–Kier alpha value is -2.31. The van der Waals surface area contributed by atoms with Crippen molar-refractivity contribution in [2.45, 2.75) is 10.9 Å². The second-order valence-electron chi connectivity index (χ2n) is 6.53. The van der Waals surface area contributed by atoms with Crippen molar-refractivity contribution < 1.29 is 9.59 Å². The van der Waals surface area contributed by atoms with E-state index in [0.717, 1.165) is 21.9 Å². The van der Waals surface area contributed by atoms with Gasteiger partial charge in [-0.2, -0.15) is 0 Å². The first-order valence-electron chi connectivity index (χ1n) is 8.80. The first-order valence-corrected chi connectivity index (χ1v) is 9.79. The summed E-state index contributed by atoms with van der Waals surface area (Å²) in [4.78, 5) is 29.9. The number of thioether (sulfide) groups is 1. The van der Waals surface area contributed by atoms with Crippen LogP contribution in [0.2, 0.25) is 0 Å². The van der Waals surface area contributed by atoms with Crippen molar-refractivity contribution in [1.82, 2.24) is 10.2 Å². The number of nitrogens with zero attached hydrogens (tertiary/aromatic N) is 2. The number of carbonyl (C=O) groups excluding carboxylic acids is 2. The van der Waals surface area contributed by atoms with Gasteiger partial charge in [0, 0.05) is 23.7 Å². The standard InChI is InChI=1S/C20H21N3O2S/c24-19-12-22(11-10-21-19)13-20(25)23-16-8-4-5-9-18(16)26-14-17(23)15-6-2-1-3-7-15/h1-9,17H,10-14H2,(H,21,24)/t17-/m1/s1. The van der Waals surface area contributed by atoms with Crippen LogP contribution in [-0.4, -0.2) is 48.6 Å². The quantitative estimate of drug-likeness (QED) is 0.904. The minimum Gasteiger partial charge on any atom is -0.354 e. The number of rotatable bonds is 3. The molecular formula is C20H21N3O2S. The molecule has 1 fully saturated rings. The number of nitrogens with one attached hydrogen (secondary N) is 1. The third kappa shape index (κ3) is 3.48. The average Bonchev–Trinajstić information content (AvgIpc) is 2.67. The van der Waals surface area contributed by atoms with E-state index in [2.05, 4.69) is 23.5 Å². The third-order valence-electron chi connectivity index (χ3n) is 4.76. The minimum absolute atomic E-state index is 0.00205. The van der Waals surface area contributed by atoms with E-state index in [1.807, 2.05) is 46.2 Å². The molecule has 2 aromatic carbocycles. The molecule has 0 saturated carbocycles. The monoisotopic (exact) mass is 367 g/mol. The van der Waals surface area contributed by atoms with Crippen molar-refractivity contribution >= 4 is 29.3 Å². The van der Waals surface area contributed by atoms with Crippen LogP contribution in [-0.2, 0) is 9.59 Å². The maximum absolute atomic E-state index is 13.3. The summed E-state index contributed by atoms with van der Waals surface area (Å²) in [6.07, 6.45) is 0. The Labute approximate surface area is 157 Å². The van der Waals surface area contributed by atoms with Crippen LogP contribution in [0.5, 0.6) is 0 Å². The molecule has 0 aliphatic carbocycles. The van der Waals surface area contributed by atoms with Gasteiger partial charge in [-0.05, 0) is 17.7 Å². The van der Waals surface area contributed by atoms with Crippen LogP contribution in [0, 0.1) is 0 Å². The molecular weight excluding hydrogens is 346 g/mol. The predicted molar refractivity (Wildman–Crippen MR) is 103 cm³/mol. The van der Waals surface area contributed by atoms with Gasteiger partial charge in [0.25, 0.3) is 0 Å². The molecule has 2 aliphatic rings. The van der Waals surface area contributed by atoms with E-state index in [1.165, 1.54) is 0 Å². The minimum atomic E-state index is -0.0155. The van der Waals surface area contributed by atoms with Gasteiger partial charge in [-0.1, -0.05) is 42.5 Å². The molecule has 0 spiro atoms. The lowest BCUT2D eigenvalue weighted by Crippen LogP contribution is -2.52. The van der Waals surface area contributed by atoms with Gasteiger partial charge in [0.1, 0.15) is 0 Å². The normalized spacial score (nSPS) is 20.4. The van der Waals surface area contributed by atoms with Crippen LogP contribution in [0.15, 0.2) is 59.5 Å². The fraction of sp³-hybridized carbons (Fsp3) is 0.300. The van der Waals surface area contributed by atoms with Crippen LogP contribution < -0.4 is 10.2 Å². The Morgan fingerprint density at radius 1 is 1.12 bits per heavy atom. The summed E-state index contributed by atoms with van der Waals surface area (Å²) < 4.78 is 0. The molecule has 2 amide bonds. The molecule has 0 aromatic heterocycles. The second-order valence-corrected chi connectivity index (χ2v) is 7.59. The lowest BCUT2D eigenvalue weighted by Gasteiger charge is -2.38. The maximum atomic E-state index is 13.3. The molecule has 0 radical (unpaired) electrons. The predicted octanol–water partition coefficient (Wildman–Crippen LogP) is 2.30. The zero-order chi connectivity index (χ0) is 17.9. The Morgan fingerprint density at radius 2 is 1.88 bits per heavy atom. The SMILES string of the molecule is O=C1CN(CC(=O)N2c3ccccc3SC[C@@H]2c2ccccc2)CCN1. The number of carbonyl (C=O) groups is 2. The fourth-order valence-electron chi connectivity index (χ4n) is 3.51.